The molecule has 0 radical (unpaired) electrons. The van der Waals surface area contributed by atoms with Gasteiger partial charge in [-0.1, -0.05) is 84.9 Å². The van der Waals surface area contributed by atoms with E-state index in [-0.39, 0.29) is 15.5 Å². The molecule has 0 atom stereocenters. The van der Waals surface area contributed by atoms with Crippen molar-refractivity contribution in [1.29, 1.82) is 0 Å². The Kier molecular flexibility index (Phi) is 6.93. The van der Waals surface area contributed by atoms with Crippen LogP contribution in [0.5, 0.6) is 5.75 Å². The van der Waals surface area contributed by atoms with Crippen LogP contribution in [0.3, 0.4) is 0 Å². The van der Waals surface area contributed by atoms with Crippen LogP contribution in [0.1, 0.15) is 29.5 Å². The maximum Gasteiger partial charge on any atom is 0.340 e. The summed E-state index contributed by atoms with van der Waals surface area (Å²) in [5.41, 5.74) is 3.73. The van der Waals surface area contributed by atoms with Crippen molar-refractivity contribution < 1.29 is 25.6 Å². The van der Waals surface area contributed by atoms with Crippen LogP contribution in [-0.4, -0.2) is 21.4 Å². The molecular formula is C33H28O6S2. The third-order valence-corrected chi connectivity index (χ3v) is 9.85. The molecule has 1 aliphatic carbocycles. The average Bonchev–Trinajstić information content (AvgIpc) is 2.97. The lowest BCUT2D eigenvalue weighted by Crippen LogP contribution is -2.18. The molecule has 0 aromatic heterocycles. The predicted molar refractivity (Wildman–Crippen MR) is 160 cm³/mol. The molecule has 0 aliphatic heterocycles. The minimum Gasteiger partial charge on any atom is -0.378 e. The third kappa shape index (κ3) is 5.03. The Morgan fingerprint density at radius 2 is 1.29 bits per heavy atom. The third-order valence-electron chi connectivity index (χ3n) is 7.61. The van der Waals surface area contributed by atoms with Crippen molar-refractivity contribution in [2.24, 2.45) is 0 Å². The minimum atomic E-state index is -4.49. The summed E-state index contributed by atoms with van der Waals surface area (Å²) in [7, 11) is -8.97. The van der Waals surface area contributed by atoms with Gasteiger partial charge < -0.3 is 4.18 Å². The Morgan fingerprint density at radius 3 is 1.95 bits per heavy atom. The number of fused-ring (bicyclic) bond motifs is 2. The average molecular weight is 585 g/mol. The maximum absolute atomic E-state index is 14.6. The lowest BCUT2D eigenvalue weighted by molar-refractivity contribution is 0.473. The summed E-state index contributed by atoms with van der Waals surface area (Å²) >= 11 is 0. The van der Waals surface area contributed by atoms with Gasteiger partial charge in [0.05, 0.1) is 4.90 Å². The zero-order chi connectivity index (χ0) is 28.8. The van der Waals surface area contributed by atoms with Gasteiger partial charge in [0.2, 0.25) is 0 Å². The molecule has 41 heavy (non-hydrogen) atoms. The van der Waals surface area contributed by atoms with Crippen molar-refractivity contribution in [3.05, 3.63) is 114 Å². The van der Waals surface area contributed by atoms with Gasteiger partial charge in [0.25, 0.3) is 10.1 Å². The van der Waals surface area contributed by atoms with Gasteiger partial charge in [-0.15, -0.1) is 0 Å². The molecule has 208 valence electrons. The van der Waals surface area contributed by atoms with E-state index in [9.17, 15) is 21.4 Å². The molecule has 1 N–H and O–H groups in total. The zero-order valence-corrected chi connectivity index (χ0v) is 24.0. The highest BCUT2D eigenvalue weighted by molar-refractivity contribution is 7.87. The zero-order valence-electron chi connectivity index (χ0n) is 22.4. The van der Waals surface area contributed by atoms with Crippen molar-refractivity contribution >= 4 is 31.0 Å². The normalized spacial score (nSPS) is 13.6. The number of hydrogen-bond donors (Lipinski definition) is 1. The van der Waals surface area contributed by atoms with Gasteiger partial charge >= 0.3 is 10.1 Å². The Morgan fingerprint density at radius 1 is 0.707 bits per heavy atom. The molecule has 0 saturated heterocycles. The van der Waals surface area contributed by atoms with Crippen molar-refractivity contribution in [2.75, 3.05) is 0 Å². The number of aryl methyl sites for hydroxylation is 1. The van der Waals surface area contributed by atoms with Gasteiger partial charge in [-0.25, -0.2) is 0 Å². The van der Waals surface area contributed by atoms with Gasteiger partial charge in [0.15, 0.2) is 0 Å². The summed E-state index contributed by atoms with van der Waals surface area (Å²) in [4.78, 5) is -0.147. The summed E-state index contributed by atoms with van der Waals surface area (Å²) in [6.45, 7) is 1.60. The summed E-state index contributed by atoms with van der Waals surface area (Å²) in [6, 6.07) is 29.5. The highest BCUT2D eigenvalue weighted by Crippen LogP contribution is 2.44. The Hall–Kier alpha value is -3.98. The van der Waals surface area contributed by atoms with Crippen molar-refractivity contribution in [2.45, 2.75) is 42.4 Å². The molecule has 0 heterocycles. The molecule has 1 aliphatic rings. The van der Waals surface area contributed by atoms with Crippen molar-refractivity contribution in [3.8, 4) is 28.0 Å². The second kappa shape index (κ2) is 10.4. The molecule has 6 nitrogen and oxygen atoms in total. The number of benzene rings is 5. The van der Waals surface area contributed by atoms with E-state index in [2.05, 4.69) is 0 Å². The fourth-order valence-electron chi connectivity index (χ4n) is 5.82. The van der Waals surface area contributed by atoms with E-state index >= 15 is 0 Å². The van der Waals surface area contributed by atoms with E-state index in [1.54, 1.807) is 6.92 Å². The Labute approximate surface area is 240 Å². The van der Waals surface area contributed by atoms with E-state index in [1.165, 1.54) is 6.07 Å². The SMILES string of the molecule is Cc1cc(S(=O)(=O)O)c2c(c1OS(=O)(=O)c1c(-c3ccccc3)cc3ccccc3c1-c1ccccc1)CCCC2. The van der Waals surface area contributed by atoms with Gasteiger partial charge in [-0.3, -0.25) is 4.55 Å². The largest absolute Gasteiger partial charge is 0.378 e. The number of hydrogen-bond acceptors (Lipinski definition) is 5. The highest BCUT2D eigenvalue weighted by atomic mass is 32.2. The first kappa shape index (κ1) is 27.2. The molecule has 8 heteroatoms. The van der Waals surface area contributed by atoms with Crippen LogP contribution in [0.2, 0.25) is 0 Å². The predicted octanol–water partition coefficient (Wildman–Crippen LogP) is 7.38. The fraction of sp³-hybridized carbons (Fsp3) is 0.152. The van der Waals surface area contributed by atoms with Gasteiger partial charge in [0, 0.05) is 16.7 Å². The lowest BCUT2D eigenvalue weighted by atomic mass is 9.89. The van der Waals surface area contributed by atoms with E-state index in [1.807, 2.05) is 91.0 Å². The highest BCUT2D eigenvalue weighted by Gasteiger charge is 2.32. The van der Waals surface area contributed by atoms with Crippen LogP contribution in [-0.2, 0) is 33.1 Å². The standard InChI is InChI=1S/C33H28O6S2/c1-22-20-30(40(34,35)36)27-18-10-11-19-28(27)32(22)39-41(37,38)33-29(23-12-4-2-5-13-23)21-25-16-8-9-17-26(25)31(33)24-14-6-3-7-15-24/h2-9,12-17,20-21H,10-11,18-19H2,1H3,(H,34,35,36). The van der Waals surface area contributed by atoms with Gasteiger partial charge in [0.1, 0.15) is 10.6 Å². The molecule has 0 spiro atoms. The maximum atomic E-state index is 14.6. The van der Waals surface area contributed by atoms with Crippen LogP contribution in [0.25, 0.3) is 33.0 Å². The van der Waals surface area contributed by atoms with Crippen LogP contribution in [0.15, 0.2) is 107 Å². The first-order valence-corrected chi connectivity index (χ1v) is 16.2. The second-order valence-electron chi connectivity index (χ2n) is 10.3. The second-order valence-corrected chi connectivity index (χ2v) is 13.2. The monoisotopic (exact) mass is 584 g/mol. The Balaban J connectivity index is 1.66. The number of rotatable bonds is 6. The van der Waals surface area contributed by atoms with E-state index in [0.717, 1.165) is 34.7 Å². The van der Waals surface area contributed by atoms with Gasteiger partial charge in [-0.2, -0.15) is 16.8 Å². The Bertz CT molecular complexity index is 2000. The van der Waals surface area contributed by atoms with E-state index < -0.39 is 20.2 Å². The molecular weight excluding hydrogens is 556 g/mol. The molecule has 0 unspecified atom stereocenters. The topological polar surface area (TPSA) is 97.7 Å². The fourth-order valence-corrected chi connectivity index (χ4v) is 8.15. The molecule has 5 aromatic carbocycles. The molecule has 5 aromatic rings. The molecule has 0 fully saturated rings. The molecule has 6 rings (SSSR count). The van der Waals surface area contributed by atoms with E-state index in [4.69, 9.17) is 4.18 Å². The first-order valence-electron chi connectivity index (χ1n) is 13.4. The summed E-state index contributed by atoms with van der Waals surface area (Å²) in [5, 5.41) is 1.65. The molecule has 0 saturated carbocycles. The summed E-state index contributed by atoms with van der Waals surface area (Å²) in [5.74, 6) is 0.123. The summed E-state index contributed by atoms with van der Waals surface area (Å²) in [6.07, 6.45) is 2.32. The first-order chi connectivity index (χ1) is 19.6. The van der Waals surface area contributed by atoms with Crippen molar-refractivity contribution in [1.82, 2.24) is 0 Å². The van der Waals surface area contributed by atoms with E-state index in [0.29, 0.717) is 40.7 Å². The molecule has 0 amide bonds. The quantitative estimate of drug-likeness (QED) is 0.165. The smallest absolute Gasteiger partial charge is 0.340 e. The van der Waals surface area contributed by atoms with Crippen LogP contribution in [0, 0.1) is 6.92 Å². The van der Waals surface area contributed by atoms with Crippen molar-refractivity contribution in [3.63, 3.8) is 0 Å². The minimum absolute atomic E-state index is 0.0383. The van der Waals surface area contributed by atoms with Crippen LogP contribution >= 0.6 is 0 Å². The van der Waals surface area contributed by atoms with Crippen LogP contribution < -0.4 is 4.18 Å². The lowest BCUT2D eigenvalue weighted by Gasteiger charge is -2.24. The van der Waals surface area contributed by atoms with Gasteiger partial charge in [-0.05, 0) is 77.8 Å². The summed E-state index contributed by atoms with van der Waals surface area (Å²) < 4.78 is 69.5. The van der Waals surface area contributed by atoms with Crippen LogP contribution in [0.4, 0.5) is 0 Å². The molecule has 0 bridgehead atoms.